The molecule has 0 rings (SSSR count). The van der Waals surface area contributed by atoms with Gasteiger partial charge in [0.25, 0.3) is 0 Å². The summed E-state index contributed by atoms with van der Waals surface area (Å²) in [5, 5.41) is 9.86. The highest BCUT2D eigenvalue weighted by Gasteiger charge is 2.22. The summed E-state index contributed by atoms with van der Waals surface area (Å²) in [6.45, 7) is 3.24. The summed E-state index contributed by atoms with van der Waals surface area (Å²) in [6, 6.07) is 0. The van der Waals surface area contributed by atoms with Crippen LogP contribution in [0.25, 0.3) is 0 Å². The zero-order valence-electron chi connectivity index (χ0n) is 18.8. The Kier molecular flexibility index (Phi) is 20.4. The van der Waals surface area contributed by atoms with Crippen LogP contribution in [0, 0.1) is 0 Å². The minimum atomic E-state index is -3.03. The number of unbranched alkanes of at least 4 members (excludes halogenated alkanes) is 13. The molecule has 0 saturated carbocycles. The lowest BCUT2D eigenvalue weighted by molar-refractivity contribution is 0.0331. The second-order valence-electron chi connectivity index (χ2n) is 7.81. The Labute approximate surface area is 174 Å². The summed E-state index contributed by atoms with van der Waals surface area (Å²) in [6.07, 6.45) is 18.7. The van der Waals surface area contributed by atoms with Gasteiger partial charge in [-0.25, -0.2) is 0 Å². The summed E-state index contributed by atoms with van der Waals surface area (Å²) < 4.78 is 27.1. The maximum Gasteiger partial charge on any atom is 0.330 e. The van der Waals surface area contributed by atoms with Crippen molar-refractivity contribution >= 4 is 7.60 Å². The van der Waals surface area contributed by atoms with Crippen molar-refractivity contribution in [2.45, 2.75) is 109 Å². The van der Waals surface area contributed by atoms with E-state index >= 15 is 0 Å². The van der Waals surface area contributed by atoms with Crippen LogP contribution >= 0.6 is 7.60 Å². The monoisotopic (exact) mass is 422 g/mol. The Balaban J connectivity index is 3.26. The molecule has 0 fully saturated rings. The van der Waals surface area contributed by atoms with E-state index in [0.717, 1.165) is 6.42 Å². The SMILES string of the molecule is CCCCCCCCCCCCCCCCOC[C@H](O)CCP(=O)(OC)OC. The molecule has 5 nitrogen and oxygen atoms in total. The number of hydrogen-bond acceptors (Lipinski definition) is 5. The Morgan fingerprint density at radius 3 is 1.61 bits per heavy atom. The van der Waals surface area contributed by atoms with Gasteiger partial charge >= 0.3 is 7.60 Å². The summed E-state index contributed by atoms with van der Waals surface area (Å²) in [4.78, 5) is 0. The second-order valence-corrected chi connectivity index (χ2v) is 10.2. The normalized spacial score (nSPS) is 13.1. The van der Waals surface area contributed by atoms with E-state index in [9.17, 15) is 9.67 Å². The first-order valence-electron chi connectivity index (χ1n) is 11.5. The van der Waals surface area contributed by atoms with Crippen molar-refractivity contribution in [1.29, 1.82) is 0 Å². The largest absolute Gasteiger partial charge is 0.391 e. The molecule has 0 unspecified atom stereocenters. The van der Waals surface area contributed by atoms with Crippen LogP contribution in [-0.4, -0.2) is 44.8 Å². The fraction of sp³-hybridized carbons (Fsp3) is 1.00. The van der Waals surface area contributed by atoms with Gasteiger partial charge in [0, 0.05) is 20.8 Å². The van der Waals surface area contributed by atoms with Gasteiger partial charge in [0.1, 0.15) is 0 Å². The molecule has 0 saturated heterocycles. The fourth-order valence-electron chi connectivity index (χ4n) is 3.27. The maximum atomic E-state index is 11.9. The smallest absolute Gasteiger partial charge is 0.330 e. The molecule has 1 atom stereocenters. The van der Waals surface area contributed by atoms with Gasteiger partial charge in [0.2, 0.25) is 0 Å². The molecular weight excluding hydrogens is 375 g/mol. The Morgan fingerprint density at radius 1 is 0.750 bits per heavy atom. The van der Waals surface area contributed by atoms with E-state index in [1.54, 1.807) is 0 Å². The average molecular weight is 423 g/mol. The highest BCUT2D eigenvalue weighted by atomic mass is 31.2. The number of hydrogen-bond donors (Lipinski definition) is 1. The lowest BCUT2D eigenvalue weighted by Crippen LogP contribution is -2.17. The van der Waals surface area contributed by atoms with Crippen molar-refractivity contribution in [3.63, 3.8) is 0 Å². The van der Waals surface area contributed by atoms with E-state index in [1.165, 1.54) is 97.7 Å². The number of ether oxygens (including phenoxy) is 1. The van der Waals surface area contributed by atoms with Crippen LogP contribution in [0.3, 0.4) is 0 Å². The third kappa shape index (κ3) is 18.1. The standard InChI is InChI=1S/C22H47O5P/c1-4-5-6-7-8-9-10-11-12-13-14-15-16-17-19-27-21-22(23)18-20-28(24,25-2)26-3/h22-23H,4-21H2,1-3H3/t22-/m1/s1. The summed E-state index contributed by atoms with van der Waals surface area (Å²) >= 11 is 0. The van der Waals surface area contributed by atoms with E-state index in [2.05, 4.69) is 6.92 Å². The van der Waals surface area contributed by atoms with E-state index in [4.69, 9.17) is 13.8 Å². The molecule has 0 aromatic heterocycles. The van der Waals surface area contributed by atoms with Gasteiger partial charge in [-0.15, -0.1) is 0 Å². The summed E-state index contributed by atoms with van der Waals surface area (Å²) in [5.74, 6) is 0. The number of rotatable bonds is 22. The highest BCUT2D eigenvalue weighted by molar-refractivity contribution is 7.53. The third-order valence-electron chi connectivity index (χ3n) is 5.24. The van der Waals surface area contributed by atoms with Gasteiger partial charge in [0.15, 0.2) is 0 Å². The van der Waals surface area contributed by atoms with Gasteiger partial charge in [-0.1, -0.05) is 90.4 Å². The molecule has 6 heteroatoms. The van der Waals surface area contributed by atoms with E-state index in [-0.39, 0.29) is 12.8 Å². The predicted molar refractivity (Wildman–Crippen MR) is 118 cm³/mol. The van der Waals surface area contributed by atoms with Crippen LogP contribution in [-0.2, 0) is 18.3 Å². The fourth-order valence-corrected chi connectivity index (χ4v) is 4.39. The van der Waals surface area contributed by atoms with E-state index in [1.807, 2.05) is 0 Å². The van der Waals surface area contributed by atoms with Crippen molar-refractivity contribution in [2.24, 2.45) is 0 Å². The quantitative estimate of drug-likeness (QED) is 0.155. The summed E-state index contributed by atoms with van der Waals surface area (Å²) in [7, 11) is -0.299. The first kappa shape index (κ1) is 28.1. The molecule has 170 valence electrons. The Hall–Kier alpha value is 0.0700. The van der Waals surface area contributed by atoms with Crippen molar-refractivity contribution in [3.8, 4) is 0 Å². The van der Waals surface area contributed by atoms with Gasteiger partial charge in [-0.05, 0) is 12.8 Å². The molecule has 28 heavy (non-hydrogen) atoms. The van der Waals surface area contributed by atoms with Crippen LogP contribution in [0.2, 0.25) is 0 Å². The third-order valence-corrected chi connectivity index (χ3v) is 7.16. The minimum Gasteiger partial charge on any atom is -0.391 e. The Bertz CT molecular complexity index is 357. The molecule has 0 aliphatic carbocycles. The van der Waals surface area contributed by atoms with Crippen molar-refractivity contribution in [3.05, 3.63) is 0 Å². The van der Waals surface area contributed by atoms with Crippen LogP contribution in [0.4, 0.5) is 0 Å². The van der Waals surface area contributed by atoms with Crippen LogP contribution < -0.4 is 0 Å². The van der Waals surface area contributed by atoms with E-state index in [0.29, 0.717) is 13.0 Å². The first-order valence-corrected chi connectivity index (χ1v) is 13.3. The van der Waals surface area contributed by atoms with Crippen LogP contribution in [0.15, 0.2) is 0 Å². The topological polar surface area (TPSA) is 65.0 Å². The Morgan fingerprint density at radius 2 is 1.18 bits per heavy atom. The molecular formula is C22H47O5P. The maximum absolute atomic E-state index is 11.9. The van der Waals surface area contributed by atoms with Gasteiger partial charge in [-0.3, -0.25) is 4.57 Å². The molecule has 0 spiro atoms. The van der Waals surface area contributed by atoms with Crippen molar-refractivity contribution < 1.29 is 23.5 Å². The first-order chi connectivity index (χ1) is 13.6. The molecule has 0 heterocycles. The zero-order chi connectivity index (χ0) is 20.9. The van der Waals surface area contributed by atoms with Crippen molar-refractivity contribution in [2.75, 3.05) is 33.6 Å². The molecule has 0 aliphatic heterocycles. The zero-order valence-corrected chi connectivity index (χ0v) is 19.7. The van der Waals surface area contributed by atoms with E-state index < -0.39 is 13.7 Å². The second kappa shape index (κ2) is 20.3. The lowest BCUT2D eigenvalue weighted by atomic mass is 10.0. The lowest BCUT2D eigenvalue weighted by Gasteiger charge is -2.16. The number of aliphatic hydroxyl groups excluding tert-OH is 1. The molecule has 1 N–H and O–H groups in total. The van der Waals surface area contributed by atoms with Gasteiger partial charge < -0.3 is 18.9 Å². The van der Waals surface area contributed by atoms with Gasteiger partial charge in [-0.2, -0.15) is 0 Å². The average Bonchev–Trinajstić information content (AvgIpc) is 2.71. The highest BCUT2D eigenvalue weighted by Crippen LogP contribution is 2.46. The molecule has 0 amide bonds. The molecule has 0 aromatic rings. The minimum absolute atomic E-state index is 0.212. The van der Waals surface area contributed by atoms with Crippen LogP contribution in [0.5, 0.6) is 0 Å². The van der Waals surface area contributed by atoms with Crippen LogP contribution in [0.1, 0.15) is 103 Å². The molecule has 0 bridgehead atoms. The number of aliphatic hydroxyl groups is 1. The molecule has 0 radical (unpaired) electrons. The predicted octanol–water partition coefficient (Wildman–Crippen LogP) is 6.72. The van der Waals surface area contributed by atoms with Gasteiger partial charge in [0.05, 0.1) is 18.9 Å². The molecule has 0 aromatic carbocycles. The molecule has 0 aliphatic rings. The summed E-state index contributed by atoms with van der Waals surface area (Å²) in [5.41, 5.74) is 0. The van der Waals surface area contributed by atoms with Crippen molar-refractivity contribution in [1.82, 2.24) is 0 Å².